The lowest BCUT2D eigenvalue weighted by Crippen LogP contribution is -2.49. The third-order valence-corrected chi connectivity index (χ3v) is 9.78. The number of anilines is 1. The number of halogens is 2. The Morgan fingerprint density at radius 2 is 1.65 bits per heavy atom. The first-order valence-electron chi connectivity index (χ1n) is 16.1. The molecule has 5 N–H and O–H groups in total. The van der Waals surface area contributed by atoms with Gasteiger partial charge in [0.1, 0.15) is 29.9 Å². The minimum Gasteiger partial charge on any atom is -0.493 e. The number of piperidine rings is 1. The number of aliphatic hydroxyl groups excluding tert-OH is 5. The quantitative estimate of drug-likeness (QED) is 0.181. The van der Waals surface area contributed by atoms with E-state index in [-0.39, 0.29) is 30.7 Å². The first kappa shape index (κ1) is 34.7. The van der Waals surface area contributed by atoms with Crippen LogP contribution in [-0.4, -0.2) is 135 Å². The molecule has 3 saturated heterocycles. The van der Waals surface area contributed by atoms with Crippen LogP contribution in [-0.2, 0) is 11.2 Å². The van der Waals surface area contributed by atoms with Crippen LogP contribution in [0.5, 0.6) is 5.75 Å². The maximum Gasteiger partial charge on any atom is 0.227 e. The molecule has 6 atom stereocenters. The lowest BCUT2D eigenvalue weighted by atomic mass is 9.92. The van der Waals surface area contributed by atoms with Crippen LogP contribution < -0.4 is 9.64 Å². The van der Waals surface area contributed by atoms with Crippen molar-refractivity contribution in [1.82, 2.24) is 19.8 Å². The molecule has 4 heterocycles. The minimum atomic E-state index is -1.66. The zero-order chi connectivity index (χ0) is 32.8. The summed E-state index contributed by atoms with van der Waals surface area (Å²) in [5, 5.41) is 49.3. The molecule has 0 radical (unpaired) electrons. The van der Waals surface area contributed by atoms with E-state index in [1.807, 2.05) is 4.90 Å². The van der Waals surface area contributed by atoms with Gasteiger partial charge >= 0.3 is 0 Å². The van der Waals surface area contributed by atoms with Crippen molar-refractivity contribution >= 4 is 23.5 Å². The van der Waals surface area contributed by atoms with Crippen LogP contribution in [0.15, 0.2) is 30.6 Å². The topological polar surface area (TPSA) is 163 Å². The molecule has 0 unspecified atom stereocenters. The zero-order valence-electron chi connectivity index (χ0n) is 25.9. The Balaban J connectivity index is 0.987. The van der Waals surface area contributed by atoms with Crippen molar-refractivity contribution in [2.45, 2.75) is 56.5 Å². The first-order valence-corrected chi connectivity index (χ1v) is 16.5. The van der Waals surface area contributed by atoms with E-state index in [1.54, 1.807) is 29.4 Å². The molecule has 0 saturated carbocycles. The standard InChI is InChI=1S/C32H45ClFN5O7/c33-24-12-35-32(36-13-24)38-7-5-20(6-8-38)2-1-9-46-25-4-3-21(26(34)11-25)10-29(43)39-16-22-14-37(15-23(22)17-39)18-27(41)30(44)31(45)28(42)19-40/h3-4,11-13,20,22-23,27-28,30-31,40-42,44-45H,1-2,5-10,14-19H2/t22-,23+,27-,28+,30+,31+/m0/s1. The predicted molar refractivity (Wildman–Crippen MR) is 168 cm³/mol. The number of likely N-dealkylation sites (tertiary alicyclic amines) is 2. The largest absolute Gasteiger partial charge is 0.493 e. The molecule has 46 heavy (non-hydrogen) atoms. The summed E-state index contributed by atoms with van der Waals surface area (Å²) in [5.41, 5.74) is 0.327. The van der Waals surface area contributed by atoms with Gasteiger partial charge < -0.3 is 40.1 Å². The van der Waals surface area contributed by atoms with E-state index in [1.165, 1.54) is 6.07 Å². The number of hydrogen-bond acceptors (Lipinski definition) is 11. The molecule has 2 aromatic rings. The van der Waals surface area contributed by atoms with Gasteiger partial charge in [0.15, 0.2) is 0 Å². The number of fused-ring (bicyclic) bond motifs is 1. The van der Waals surface area contributed by atoms with E-state index in [9.17, 15) is 29.6 Å². The summed E-state index contributed by atoms with van der Waals surface area (Å²) in [6.07, 6.45) is 1.09. The van der Waals surface area contributed by atoms with Crippen LogP contribution in [0, 0.1) is 23.6 Å². The Kier molecular flexibility index (Phi) is 12.0. The van der Waals surface area contributed by atoms with Crippen molar-refractivity contribution in [2.24, 2.45) is 17.8 Å². The molecule has 5 rings (SSSR count). The predicted octanol–water partition coefficient (Wildman–Crippen LogP) is 0.713. The normalized spacial score (nSPS) is 23.3. The van der Waals surface area contributed by atoms with Crippen molar-refractivity contribution in [3.05, 3.63) is 47.0 Å². The lowest BCUT2D eigenvalue weighted by molar-refractivity contribution is -0.130. The smallest absolute Gasteiger partial charge is 0.227 e. The van der Waals surface area contributed by atoms with E-state index in [4.69, 9.17) is 21.4 Å². The number of benzene rings is 1. The van der Waals surface area contributed by atoms with Crippen LogP contribution in [0.1, 0.15) is 31.2 Å². The number of nitrogens with zero attached hydrogens (tertiary/aromatic N) is 5. The highest BCUT2D eigenvalue weighted by molar-refractivity contribution is 6.30. The molecular weight excluding hydrogens is 621 g/mol. The van der Waals surface area contributed by atoms with Gasteiger partial charge in [-0.05, 0) is 55.1 Å². The molecule has 1 aromatic carbocycles. The van der Waals surface area contributed by atoms with Crippen molar-refractivity contribution in [1.29, 1.82) is 0 Å². The van der Waals surface area contributed by atoms with Crippen LogP contribution >= 0.6 is 11.6 Å². The van der Waals surface area contributed by atoms with Gasteiger partial charge in [0.2, 0.25) is 11.9 Å². The molecule has 254 valence electrons. The highest BCUT2D eigenvalue weighted by atomic mass is 35.5. The number of ether oxygens (including phenoxy) is 1. The second-order valence-corrected chi connectivity index (χ2v) is 13.3. The second-order valence-electron chi connectivity index (χ2n) is 12.9. The molecule has 14 heteroatoms. The summed E-state index contributed by atoms with van der Waals surface area (Å²) >= 11 is 5.88. The van der Waals surface area contributed by atoms with Crippen molar-refractivity contribution in [3.63, 3.8) is 0 Å². The number of rotatable bonds is 14. The molecule has 0 aliphatic carbocycles. The summed E-state index contributed by atoms with van der Waals surface area (Å²) in [5.74, 6) is 1.52. The highest BCUT2D eigenvalue weighted by Crippen LogP contribution is 2.32. The fourth-order valence-electron chi connectivity index (χ4n) is 6.87. The van der Waals surface area contributed by atoms with Gasteiger partial charge in [-0.25, -0.2) is 14.4 Å². The molecule has 1 aromatic heterocycles. The average molecular weight is 666 g/mol. The number of carbonyl (C=O) groups is 1. The number of amides is 1. The third kappa shape index (κ3) is 8.82. The lowest BCUT2D eigenvalue weighted by Gasteiger charge is -2.31. The monoisotopic (exact) mass is 665 g/mol. The van der Waals surface area contributed by atoms with Crippen LogP contribution in [0.3, 0.4) is 0 Å². The highest BCUT2D eigenvalue weighted by Gasteiger charge is 2.42. The summed E-state index contributed by atoms with van der Waals surface area (Å²) < 4.78 is 20.7. The van der Waals surface area contributed by atoms with E-state index < -0.39 is 36.8 Å². The number of aliphatic hydroxyl groups is 5. The average Bonchev–Trinajstić information content (AvgIpc) is 3.63. The Bertz CT molecular complexity index is 1270. The van der Waals surface area contributed by atoms with Gasteiger partial charge in [-0.15, -0.1) is 0 Å². The number of carbonyl (C=O) groups excluding carboxylic acids is 1. The van der Waals surface area contributed by atoms with Crippen LogP contribution in [0.25, 0.3) is 0 Å². The minimum absolute atomic E-state index is 0.0367. The Labute approximate surface area is 273 Å². The Morgan fingerprint density at radius 3 is 2.28 bits per heavy atom. The number of aromatic nitrogens is 2. The SMILES string of the molecule is O=C(Cc1ccc(OCCCC2CCN(c3ncc(Cl)cn3)CC2)cc1F)N1C[C@H]2CN(C[C@H](O)[C@@H](O)[C@H](O)[C@H](O)CO)C[C@H]2C1. The van der Waals surface area contributed by atoms with E-state index in [0.29, 0.717) is 61.0 Å². The van der Waals surface area contributed by atoms with Gasteiger partial charge in [-0.1, -0.05) is 17.7 Å². The molecule has 3 fully saturated rings. The molecule has 3 aliphatic rings. The van der Waals surface area contributed by atoms with Crippen LogP contribution in [0.4, 0.5) is 10.3 Å². The van der Waals surface area contributed by atoms with Crippen molar-refractivity contribution < 1.29 is 39.5 Å². The third-order valence-electron chi connectivity index (χ3n) is 9.58. The molecule has 3 aliphatic heterocycles. The Hall–Kier alpha value is -2.65. The summed E-state index contributed by atoms with van der Waals surface area (Å²) in [4.78, 5) is 27.5. The van der Waals surface area contributed by atoms with E-state index in [2.05, 4.69) is 14.9 Å². The van der Waals surface area contributed by atoms with Gasteiger partial charge in [-0.2, -0.15) is 0 Å². The number of hydrogen-bond donors (Lipinski definition) is 5. The Morgan fingerprint density at radius 1 is 1.00 bits per heavy atom. The van der Waals surface area contributed by atoms with Gasteiger partial charge in [0.25, 0.3) is 0 Å². The summed E-state index contributed by atoms with van der Waals surface area (Å²) in [7, 11) is 0. The summed E-state index contributed by atoms with van der Waals surface area (Å²) in [6.45, 7) is 3.93. The summed E-state index contributed by atoms with van der Waals surface area (Å²) in [6, 6.07) is 4.67. The molecule has 1 amide bonds. The fourth-order valence-corrected chi connectivity index (χ4v) is 6.96. The first-order chi connectivity index (χ1) is 22.1. The van der Waals surface area contributed by atoms with Gasteiger partial charge in [0, 0.05) is 51.9 Å². The van der Waals surface area contributed by atoms with Crippen molar-refractivity contribution in [2.75, 3.05) is 63.9 Å². The van der Waals surface area contributed by atoms with E-state index in [0.717, 1.165) is 38.8 Å². The zero-order valence-corrected chi connectivity index (χ0v) is 26.6. The maximum absolute atomic E-state index is 14.9. The van der Waals surface area contributed by atoms with Crippen LogP contribution in [0.2, 0.25) is 5.02 Å². The molecule has 0 bridgehead atoms. The fraction of sp³-hybridized carbons (Fsp3) is 0.656. The molecule has 12 nitrogen and oxygen atoms in total. The van der Waals surface area contributed by atoms with E-state index >= 15 is 0 Å². The maximum atomic E-state index is 14.9. The molecular formula is C32H45ClFN5O7. The molecule has 0 spiro atoms. The number of β-amino-alcohol motifs (C(OH)–C–C–N with tert-alkyl or cyclic N) is 1. The van der Waals surface area contributed by atoms with Crippen molar-refractivity contribution in [3.8, 4) is 5.75 Å². The second kappa shape index (κ2) is 16.0. The van der Waals surface area contributed by atoms with Gasteiger partial charge in [-0.3, -0.25) is 9.69 Å². The van der Waals surface area contributed by atoms with Gasteiger partial charge in [0.05, 0.1) is 43.2 Å².